The lowest BCUT2D eigenvalue weighted by Gasteiger charge is -2.29. The molecule has 0 aliphatic carbocycles. The molecule has 1 aliphatic heterocycles. The predicted octanol–water partition coefficient (Wildman–Crippen LogP) is 4.68. The fourth-order valence-corrected chi connectivity index (χ4v) is 4.37. The number of nitrogens with zero attached hydrogens (tertiary/aromatic N) is 2. The van der Waals surface area contributed by atoms with E-state index in [0.717, 1.165) is 38.7 Å². The van der Waals surface area contributed by atoms with Crippen molar-refractivity contribution in [3.63, 3.8) is 0 Å². The quantitative estimate of drug-likeness (QED) is 0.360. The Labute approximate surface area is 191 Å². The first-order chi connectivity index (χ1) is 15.2. The van der Waals surface area contributed by atoms with Crippen LogP contribution in [0.2, 0.25) is 0 Å². The molecule has 7 heteroatoms. The average Bonchev–Trinajstić information content (AvgIpc) is 3.00. The summed E-state index contributed by atoms with van der Waals surface area (Å²) in [4.78, 5) is 26.9. The zero-order chi connectivity index (χ0) is 23.2. The SMILES string of the molecule is Cc1cccc(C)c1-n1c(C)cc(/C=C2\C(=O)NC(=S)N(c3ccccc3F)C2=O)c1C. The molecule has 3 aromatic rings. The van der Waals surface area contributed by atoms with Crippen LogP contribution < -0.4 is 10.2 Å². The van der Waals surface area contributed by atoms with E-state index < -0.39 is 17.6 Å². The monoisotopic (exact) mass is 447 g/mol. The van der Waals surface area contributed by atoms with Crippen LogP contribution in [0.25, 0.3) is 11.8 Å². The molecule has 2 heterocycles. The Balaban J connectivity index is 1.82. The van der Waals surface area contributed by atoms with Gasteiger partial charge in [0.05, 0.1) is 11.4 Å². The molecule has 5 nitrogen and oxygen atoms in total. The number of hydrogen-bond donors (Lipinski definition) is 1. The maximum atomic E-state index is 14.4. The third kappa shape index (κ3) is 3.54. The highest BCUT2D eigenvalue weighted by molar-refractivity contribution is 7.80. The first-order valence-corrected chi connectivity index (χ1v) is 10.5. The Morgan fingerprint density at radius 3 is 2.28 bits per heavy atom. The van der Waals surface area contributed by atoms with E-state index in [1.54, 1.807) is 12.1 Å². The Morgan fingerprint density at radius 2 is 1.62 bits per heavy atom. The number of nitrogens with one attached hydrogen (secondary N) is 1. The van der Waals surface area contributed by atoms with Crippen molar-refractivity contribution in [1.82, 2.24) is 9.88 Å². The van der Waals surface area contributed by atoms with Gasteiger partial charge in [-0.25, -0.2) is 9.29 Å². The number of aryl methyl sites for hydroxylation is 3. The number of para-hydroxylation sites is 2. The summed E-state index contributed by atoms with van der Waals surface area (Å²) in [5.41, 5.74) is 5.78. The summed E-state index contributed by atoms with van der Waals surface area (Å²) in [7, 11) is 0. The molecule has 32 heavy (non-hydrogen) atoms. The Morgan fingerprint density at radius 1 is 0.969 bits per heavy atom. The van der Waals surface area contributed by atoms with Crippen molar-refractivity contribution in [2.45, 2.75) is 27.7 Å². The number of benzene rings is 2. The van der Waals surface area contributed by atoms with Crippen molar-refractivity contribution in [3.05, 3.63) is 88.0 Å². The van der Waals surface area contributed by atoms with E-state index in [1.807, 2.05) is 52.0 Å². The molecule has 0 atom stereocenters. The zero-order valence-corrected chi connectivity index (χ0v) is 19.0. The van der Waals surface area contributed by atoms with Crippen LogP contribution in [0.3, 0.4) is 0 Å². The molecule has 1 saturated heterocycles. The summed E-state index contributed by atoms with van der Waals surface area (Å²) in [5.74, 6) is -1.88. The van der Waals surface area contributed by atoms with Crippen LogP contribution in [0.15, 0.2) is 54.1 Å². The predicted molar refractivity (Wildman–Crippen MR) is 127 cm³/mol. The molecule has 2 aromatic carbocycles. The third-order valence-electron chi connectivity index (χ3n) is 5.63. The van der Waals surface area contributed by atoms with E-state index in [0.29, 0.717) is 0 Å². The van der Waals surface area contributed by atoms with Gasteiger partial charge >= 0.3 is 0 Å². The van der Waals surface area contributed by atoms with E-state index in [9.17, 15) is 14.0 Å². The first-order valence-electron chi connectivity index (χ1n) is 10.1. The highest BCUT2D eigenvalue weighted by Gasteiger charge is 2.36. The van der Waals surface area contributed by atoms with Gasteiger partial charge in [-0.05, 0) is 80.9 Å². The average molecular weight is 448 g/mol. The van der Waals surface area contributed by atoms with Gasteiger partial charge in [0.25, 0.3) is 11.8 Å². The van der Waals surface area contributed by atoms with Crippen LogP contribution in [-0.2, 0) is 9.59 Å². The lowest BCUT2D eigenvalue weighted by molar-refractivity contribution is -0.122. The highest BCUT2D eigenvalue weighted by atomic mass is 32.1. The fourth-order valence-electron chi connectivity index (χ4n) is 4.10. The van der Waals surface area contributed by atoms with Gasteiger partial charge in [-0.15, -0.1) is 0 Å². The van der Waals surface area contributed by atoms with Crippen molar-refractivity contribution in [2.75, 3.05) is 4.90 Å². The summed E-state index contributed by atoms with van der Waals surface area (Å²) < 4.78 is 16.5. The molecular formula is C25H22FN3O2S. The van der Waals surface area contributed by atoms with Crippen molar-refractivity contribution >= 4 is 40.9 Å². The van der Waals surface area contributed by atoms with Crippen molar-refractivity contribution < 1.29 is 14.0 Å². The van der Waals surface area contributed by atoms with Crippen LogP contribution in [0.4, 0.5) is 10.1 Å². The van der Waals surface area contributed by atoms with Gasteiger partial charge in [-0.1, -0.05) is 30.3 Å². The molecule has 1 N–H and O–H groups in total. The smallest absolute Gasteiger partial charge is 0.270 e. The molecule has 162 valence electrons. The lowest BCUT2D eigenvalue weighted by atomic mass is 10.1. The third-order valence-corrected chi connectivity index (χ3v) is 5.91. The molecule has 1 aliphatic rings. The number of carbonyl (C=O) groups is 2. The molecule has 0 radical (unpaired) electrons. The number of amides is 2. The van der Waals surface area contributed by atoms with Crippen molar-refractivity contribution in [1.29, 1.82) is 0 Å². The molecule has 1 fully saturated rings. The summed E-state index contributed by atoms with van der Waals surface area (Å²) in [6.45, 7) is 8.01. The van der Waals surface area contributed by atoms with Crippen molar-refractivity contribution in [2.24, 2.45) is 0 Å². The first kappa shape index (κ1) is 21.6. The lowest BCUT2D eigenvalue weighted by Crippen LogP contribution is -2.54. The second-order valence-corrected chi connectivity index (χ2v) is 8.20. The molecule has 0 bridgehead atoms. The Hall–Kier alpha value is -3.58. The van der Waals surface area contributed by atoms with Gasteiger partial charge in [0, 0.05) is 11.4 Å². The summed E-state index contributed by atoms with van der Waals surface area (Å²) in [5, 5.41) is 2.35. The largest absolute Gasteiger partial charge is 0.317 e. The minimum absolute atomic E-state index is 0.00518. The highest BCUT2D eigenvalue weighted by Crippen LogP contribution is 2.29. The van der Waals surface area contributed by atoms with Gasteiger partial charge < -0.3 is 4.57 Å². The van der Waals surface area contributed by atoms with Gasteiger partial charge in [-0.3, -0.25) is 14.9 Å². The van der Waals surface area contributed by atoms with E-state index in [4.69, 9.17) is 12.2 Å². The van der Waals surface area contributed by atoms with Gasteiger partial charge in [0.2, 0.25) is 0 Å². The van der Waals surface area contributed by atoms with Crippen LogP contribution in [-0.4, -0.2) is 21.5 Å². The number of anilines is 1. The van der Waals surface area contributed by atoms with Gasteiger partial charge in [0.15, 0.2) is 5.11 Å². The standard InChI is InChI=1S/C25H22FN3O2S/c1-14-8-7-9-15(2)22(14)28-16(3)12-18(17(28)4)13-19-23(30)27-25(32)29(24(19)31)21-11-6-5-10-20(21)26/h5-13H,1-4H3,(H,27,30,32)/b19-13+. The fraction of sp³-hybridized carbons (Fsp3) is 0.160. The van der Waals surface area contributed by atoms with Crippen LogP contribution in [0, 0.1) is 33.5 Å². The number of thiocarbonyl (C=S) groups is 1. The second kappa shape index (κ2) is 8.16. The molecule has 0 unspecified atom stereocenters. The number of aromatic nitrogens is 1. The second-order valence-electron chi connectivity index (χ2n) is 7.81. The van der Waals surface area contributed by atoms with Crippen LogP contribution in [0.5, 0.6) is 0 Å². The molecule has 4 rings (SSSR count). The van der Waals surface area contributed by atoms with Crippen molar-refractivity contribution in [3.8, 4) is 5.69 Å². The molecule has 0 saturated carbocycles. The minimum Gasteiger partial charge on any atom is -0.317 e. The Kier molecular flexibility index (Phi) is 5.52. The summed E-state index contributed by atoms with van der Waals surface area (Å²) in [6, 6.07) is 13.8. The van der Waals surface area contributed by atoms with Gasteiger partial charge in [-0.2, -0.15) is 0 Å². The molecular weight excluding hydrogens is 425 g/mol. The molecule has 2 amide bonds. The van der Waals surface area contributed by atoms with Crippen LogP contribution >= 0.6 is 12.2 Å². The minimum atomic E-state index is -0.666. The maximum Gasteiger partial charge on any atom is 0.270 e. The number of hydrogen-bond acceptors (Lipinski definition) is 3. The zero-order valence-electron chi connectivity index (χ0n) is 18.2. The van der Waals surface area contributed by atoms with E-state index in [1.165, 1.54) is 18.2 Å². The number of rotatable bonds is 3. The summed E-state index contributed by atoms with van der Waals surface area (Å²) >= 11 is 5.16. The van der Waals surface area contributed by atoms with E-state index in [-0.39, 0.29) is 16.4 Å². The molecule has 0 spiro atoms. The normalized spacial score (nSPS) is 15.5. The van der Waals surface area contributed by atoms with E-state index >= 15 is 0 Å². The maximum absolute atomic E-state index is 14.4. The van der Waals surface area contributed by atoms with Gasteiger partial charge in [0.1, 0.15) is 11.4 Å². The van der Waals surface area contributed by atoms with Crippen LogP contribution in [0.1, 0.15) is 28.1 Å². The number of halogens is 1. The molecule has 1 aromatic heterocycles. The van der Waals surface area contributed by atoms with E-state index in [2.05, 4.69) is 9.88 Å². The topological polar surface area (TPSA) is 54.3 Å². The summed E-state index contributed by atoms with van der Waals surface area (Å²) in [6.07, 6.45) is 1.54. The number of carbonyl (C=O) groups excluding carboxylic acids is 2. The Bertz CT molecular complexity index is 1300.